The molecule has 0 aliphatic heterocycles. The number of hydrogen-bond donors (Lipinski definition) is 1. The van der Waals surface area contributed by atoms with Crippen LogP contribution in [-0.2, 0) is 16.6 Å². The van der Waals surface area contributed by atoms with E-state index in [1.54, 1.807) is 37.3 Å². The minimum atomic E-state index is -3.74. The third-order valence-electron chi connectivity index (χ3n) is 3.44. The monoisotopic (exact) mass is 397 g/mol. The molecule has 0 unspecified atom stereocenters. The van der Waals surface area contributed by atoms with Gasteiger partial charge in [0.2, 0.25) is 21.7 Å². The molecule has 0 radical (unpaired) electrons. The first-order valence-corrected chi connectivity index (χ1v) is 9.43. The minimum absolute atomic E-state index is 0.0699. The lowest BCUT2D eigenvalue weighted by Crippen LogP contribution is -2.23. The number of sulfonamides is 1. The van der Waals surface area contributed by atoms with Crippen LogP contribution in [0.1, 0.15) is 11.5 Å². The Morgan fingerprint density at radius 2 is 1.84 bits per heavy atom. The molecule has 130 valence electrons. The van der Waals surface area contributed by atoms with E-state index >= 15 is 0 Å². The Morgan fingerprint density at radius 1 is 1.12 bits per heavy atom. The standard InChI is InChI=1S/C16H13Cl2N3O3S/c1-10-2-7-13(8-14(10)18)25(22,23)19-9-15-20-16(21-24-15)11-3-5-12(17)6-4-11/h2-8,19H,9H2,1H3. The predicted octanol–water partition coefficient (Wildman–Crippen LogP) is 3.83. The van der Waals surface area contributed by atoms with Crippen molar-refractivity contribution in [1.82, 2.24) is 14.9 Å². The van der Waals surface area contributed by atoms with Crippen molar-refractivity contribution >= 4 is 33.2 Å². The van der Waals surface area contributed by atoms with Gasteiger partial charge in [0.1, 0.15) is 0 Å². The highest BCUT2D eigenvalue weighted by Gasteiger charge is 2.17. The van der Waals surface area contributed by atoms with E-state index < -0.39 is 10.0 Å². The zero-order valence-corrected chi connectivity index (χ0v) is 15.4. The highest BCUT2D eigenvalue weighted by molar-refractivity contribution is 7.89. The first kappa shape index (κ1) is 17.9. The molecule has 0 spiro atoms. The molecule has 1 heterocycles. The van der Waals surface area contributed by atoms with Crippen molar-refractivity contribution in [2.45, 2.75) is 18.4 Å². The Hall–Kier alpha value is -1.93. The van der Waals surface area contributed by atoms with Crippen molar-refractivity contribution in [1.29, 1.82) is 0 Å². The predicted molar refractivity (Wildman–Crippen MR) is 95.0 cm³/mol. The van der Waals surface area contributed by atoms with E-state index in [1.807, 2.05) is 0 Å². The van der Waals surface area contributed by atoms with Gasteiger partial charge in [0, 0.05) is 15.6 Å². The number of hydrogen-bond acceptors (Lipinski definition) is 5. The lowest BCUT2D eigenvalue weighted by atomic mass is 10.2. The van der Waals surface area contributed by atoms with Crippen molar-refractivity contribution < 1.29 is 12.9 Å². The minimum Gasteiger partial charge on any atom is -0.338 e. The molecule has 1 aromatic heterocycles. The molecule has 0 fully saturated rings. The first-order chi connectivity index (χ1) is 11.8. The van der Waals surface area contributed by atoms with Gasteiger partial charge in [-0.05, 0) is 48.9 Å². The second-order valence-corrected chi connectivity index (χ2v) is 7.86. The number of benzene rings is 2. The molecule has 0 atom stereocenters. The zero-order valence-electron chi connectivity index (χ0n) is 13.0. The van der Waals surface area contributed by atoms with Crippen LogP contribution in [0.25, 0.3) is 11.4 Å². The smallest absolute Gasteiger partial charge is 0.242 e. The quantitative estimate of drug-likeness (QED) is 0.706. The normalized spacial score (nSPS) is 11.6. The van der Waals surface area contributed by atoms with Crippen LogP contribution in [0.4, 0.5) is 0 Å². The van der Waals surface area contributed by atoms with Crippen LogP contribution in [0.15, 0.2) is 51.9 Å². The van der Waals surface area contributed by atoms with Crippen LogP contribution in [0, 0.1) is 6.92 Å². The molecule has 0 amide bonds. The summed E-state index contributed by atoms with van der Waals surface area (Å²) in [5.74, 6) is 0.496. The maximum absolute atomic E-state index is 12.3. The van der Waals surface area contributed by atoms with Gasteiger partial charge in [0.25, 0.3) is 0 Å². The number of nitrogens with zero attached hydrogens (tertiary/aromatic N) is 2. The fraction of sp³-hybridized carbons (Fsp3) is 0.125. The number of rotatable bonds is 5. The van der Waals surface area contributed by atoms with Crippen LogP contribution in [0.5, 0.6) is 0 Å². The summed E-state index contributed by atoms with van der Waals surface area (Å²) in [6.45, 7) is 1.66. The van der Waals surface area contributed by atoms with Gasteiger partial charge in [-0.2, -0.15) is 4.98 Å². The number of nitrogens with one attached hydrogen (secondary N) is 1. The summed E-state index contributed by atoms with van der Waals surface area (Å²) in [5.41, 5.74) is 1.51. The number of aryl methyl sites for hydroxylation is 1. The van der Waals surface area contributed by atoms with Gasteiger partial charge >= 0.3 is 0 Å². The van der Waals surface area contributed by atoms with Crippen molar-refractivity contribution in [3.63, 3.8) is 0 Å². The molecule has 0 bridgehead atoms. The Balaban J connectivity index is 1.73. The van der Waals surface area contributed by atoms with Crippen LogP contribution < -0.4 is 4.72 Å². The van der Waals surface area contributed by atoms with Gasteiger partial charge in [0.15, 0.2) is 0 Å². The second kappa shape index (κ2) is 7.13. The molecular weight excluding hydrogens is 385 g/mol. The van der Waals surface area contributed by atoms with E-state index in [0.717, 1.165) is 5.56 Å². The van der Waals surface area contributed by atoms with Gasteiger partial charge in [0.05, 0.1) is 11.4 Å². The largest absolute Gasteiger partial charge is 0.338 e. The molecule has 0 saturated carbocycles. The van der Waals surface area contributed by atoms with Crippen LogP contribution >= 0.6 is 23.2 Å². The van der Waals surface area contributed by atoms with Crippen molar-refractivity contribution in [3.05, 3.63) is 64.0 Å². The first-order valence-electron chi connectivity index (χ1n) is 7.19. The van der Waals surface area contributed by atoms with Crippen LogP contribution in [-0.4, -0.2) is 18.6 Å². The van der Waals surface area contributed by atoms with E-state index in [0.29, 0.717) is 21.4 Å². The number of aromatic nitrogens is 2. The molecule has 1 N–H and O–H groups in total. The van der Waals surface area contributed by atoms with Gasteiger partial charge in [-0.3, -0.25) is 0 Å². The SMILES string of the molecule is Cc1ccc(S(=O)(=O)NCc2nc(-c3ccc(Cl)cc3)no2)cc1Cl. The Morgan fingerprint density at radius 3 is 2.52 bits per heavy atom. The van der Waals surface area contributed by atoms with Crippen molar-refractivity contribution in [2.75, 3.05) is 0 Å². The maximum atomic E-state index is 12.3. The summed E-state index contributed by atoms with van der Waals surface area (Å²) < 4.78 is 32.1. The summed E-state index contributed by atoms with van der Waals surface area (Å²) in [5, 5.41) is 4.80. The second-order valence-electron chi connectivity index (χ2n) is 5.25. The summed E-state index contributed by atoms with van der Waals surface area (Å²) in [6, 6.07) is 11.4. The van der Waals surface area contributed by atoms with Gasteiger partial charge in [-0.1, -0.05) is 34.4 Å². The third-order valence-corrected chi connectivity index (χ3v) is 5.50. The van der Waals surface area contributed by atoms with Crippen LogP contribution in [0.2, 0.25) is 10.0 Å². The summed E-state index contributed by atoms with van der Waals surface area (Å²) in [7, 11) is -3.74. The Bertz CT molecular complexity index is 1000. The molecule has 0 saturated heterocycles. The van der Waals surface area contributed by atoms with E-state index in [2.05, 4.69) is 14.9 Å². The topological polar surface area (TPSA) is 85.1 Å². The number of halogens is 2. The fourth-order valence-corrected chi connectivity index (χ4v) is 3.40. The van der Waals surface area contributed by atoms with Crippen LogP contribution in [0.3, 0.4) is 0 Å². The average Bonchev–Trinajstić information content (AvgIpc) is 3.05. The van der Waals surface area contributed by atoms with E-state index in [9.17, 15) is 8.42 Å². The van der Waals surface area contributed by atoms with Crippen molar-refractivity contribution in [2.24, 2.45) is 0 Å². The lowest BCUT2D eigenvalue weighted by molar-refractivity contribution is 0.376. The molecule has 9 heteroatoms. The summed E-state index contributed by atoms with van der Waals surface area (Å²) >= 11 is 11.8. The summed E-state index contributed by atoms with van der Waals surface area (Å²) in [4.78, 5) is 4.23. The third kappa shape index (κ3) is 4.19. The van der Waals surface area contributed by atoms with Crippen molar-refractivity contribution in [3.8, 4) is 11.4 Å². The van der Waals surface area contributed by atoms with Gasteiger partial charge < -0.3 is 4.52 Å². The highest BCUT2D eigenvalue weighted by Crippen LogP contribution is 2.21. The maximum Gasteiger partial charge on any atom is 0.242 e. The molecule has 6 nitrogen and oxygen atoms in total. The van der Waals surface area contributed by atoms with Gasteiger partial charge in [-0.25, -0.2) is 13.1 Å². The van der Waals surface area contributed by atoms with E-state index in [-0.39, 0.29) is 17.3 Å². The van der Waals surface area contributed by atoms with E-state index in [1.165, 1.54) is 12.1 Å². The van der Waals surface area contributed by atoms with Gasteiger partial charge in [-0.15, -0.1) is 0 Å². The molecule has 3 rings (SSSR count). The Kier molecular flexibility index (Phi) is 5.10. The molecule has 0 aliphatic rings. The zero-order chi connectivity index (χ0) is 18.0. The average molecular weight is 398 g/mol. The lowest BCUT2D eigenvalue weighted by Gasteiger charge is -2.06. The fourth-order valence-electron chi connectivity index (χ4n) is 2.02. The molecule has 0 aliphatic carbocycles. The molecule has 2 aromatic carbocycles. The molecule has 3 aromatic rings. The highest BCUT2D eigenvalue weighted by atomic mass is 35.5. The molecular formula is C16H13Cl2N3O3S. The summed E-state index contributed by atoms with van der Waals surface area (Å²) in [6.07, 6.45) is 0. The Labute approximate surface area is 154 Å². The van der Waals surface area contributed by atoms with E-state index in [4.69, 9.17) is 27.7 Å². The molecule has 25 heavy (non-hydrogen) atoms.